The highest BCUT2D eigenvalue weighted by molar-refractivity contribution is 9.09. The Morgan fingerprint density at radius 2 is 2.31 bits per heavy atom. The minimum atomic E-state index is -0.876. The summed E-state index contributed by atoms with van der Waals surface area (Å²) in [6.07, 6.45) is 0.425. The van der Waals surface area contributed by atoms with Gasteiger partial charge in [-0.1, -0.05) is 15.9 Å². The average Bonchev–Trinajstić information content (AvgIpc) is 2.51. The highest BCUT2D eigenvalue weighted by Crippen LogP contribution is 2.17. The number of halogens is 1. The fraction of sp³-hybridized carbons (Fsp3) is 0.625. The van der Waals surface area contributed by atoms with Crippen molar-refractivity contribution >= 4 is 15.9 Å². The predicted octanol–water partition coefficient (Wildman–Crippen LogP) is 0.897. The minimum Gasteiger partial charge on any atom is -0.390 e. The van der Waals surface area contributed by atoms with Gasteiger partial charge in [0, 0.05) is 5.33 Å². The first-order valence-corrected chi connectivity index (χ1v) is 5.21. The molecule has 0 amide bonds. The third-order valence-corrected chi connectivity index (χ3v) is 2.27. The number of hydrogen-bond acceptors (Lipinski definition) is 3. The quantitative estimate of drug-likeness (QED) is 0.694. The Labute approximate surface area is 85.1 Å². The highest BCUT2D eigenvalue weighted by atomic mass is 79.9. The minimum absolute atomic E-state index is 0.513. The molecule has 3 N–H and O–H groups in total. The lowest BCUT2D eigenvalue weighted by Crippen LogP contribution is -2.18. The topological polar surface area (TPSA) is 69.1 Å². The molecule has 1 rings (SSSR count). The maximum atomic E-state index is 9.59. The number of imidazole rings is 1. The van der Waals surface area contributed by atoms with Crippen LogP contribution in [0.3, 0.4) is 0 Å². The molecule has 0 aliphatic carbocycles. The molecule has 2 atom stereocenters. The number of aliphatic hydroxyl groups is 2. The number of aliphatic hydroxyl groups excluding tert-OH is 2. The SMILES string of the molecule is Cc1ncc(C(O)C(O)CCBr)[nH]1. The maximum absolute atomic E-state index is 9.59. The number of nitrogens with zero attached hydrogens (tertiary/aromatic N) is 1. The van der Waals surface area contributed by atoms with Crippen LogP contribution in [0.5, 0.6) is 0 Å². The second kappa shape index (κ2) is 4.74. The lowest BCUT2D eigenvalue weighted by Gasteiger charge is -2.14. The molecule has 0 spiro atoms. The number of H-pyrrole nitrogens is 1. The summed E-state index contributed by atoms with van der Waals surface area (Å²) in [5.41, 5.74) is 0.561. The third kappa shape index (κ3) is 2.79. The first-order valence-electron chi connectivity index (χ1n) is 4.08. The fourth-order valence-corrected chi connectivity index (χ4v) is 1.54. The first kappa shape index (κ1) is 10.7. The van der Waals surface area contributed by atoms with Crippen LogP contribution < -0.4 is 0 Å². The van der Waals surface area contributed by atoms with E-state index in [-0.39, 0.29) is 0 Å². The number of hydrogen-bond donors (Lipinski definition) is 3. The second-order valence-electron chi connectivity index (χ2n) is 2.91. The smallest absolute Gasteiger partial charge is 0.121 e. The first-order chi connectivity index (χ1) is 6.15. The normalized spacial score (nSPS) is 15.7. The summed E-state index contributed by atoms with van der Waals surface area (Å²) in [6.45, 7) is 1.80. The predicted molar refractivity (Wildman–Crippen MR) is 52.7 cm³/mol. The summed E-state index contributed by atoms with van der Waals surface area (Å²) in [4.78, 5) is 6.82. The average molecular weight is 249 g/mol. The van der Waals surface area contributed by atoms with Gasteiger partial charge in [-0.05, 0) is 13.3 Å². The van der Waals surface area contributed by atoms with Crippen molar-refractivity contribution in [3.05, 3.63) is 17.7 Å². The van der Waals surface area contributed by atoms with Gasteiger partial charge in [-0.25, -0.2) is 4.98 Å². The van der Waals surface area contributed by atoms with E-state index in [1.54, 1.807) is 6.92 Å². The molecule has 5 heteroatoms. The van der Waals surface area contributed by atoms with Gasteiger partial charge in [-0.3, -0.25) is 0 Å². The van der Waals surface area contributed by atoms with Gasteiger partial charge >= 0.3 is 0 Å². The number of nitrogens with one attached hydrogen (secondary N) is 1. The van der Waals surface area contributed by atoms with E-state index >= 15 is 0 Å². The molecule has 0 aromatic carbocycles. The molecule has 0 bridgehead atoms. The second-order valence-corrected chi connectivity index (χ2v) is 3.71. The summed E-state index contributed by atoms with van der Waals surface area (Å²) in [7, 11) is 0. The van der Waals surface area contributed by atoms with Gasteiger partial charge in [-0.2, -0.15) is 0 Å². The van der Waals surface area contributed by atoms with Crippen LogP contribution in [0.2, 0.25) is 0 Å². The van der Waals surface area contributed by atoms with Crippen LogP contribution in [0, 0.1) is 6.92 Å². The molecule has 0 radical (unpaired) electrons. The molecule has 0 aliphatic heterocycles. The molecule has 0 saturated carbocycles. The van der Waals surface area contributed by atoms with Crippen LogP contribution in [-0.4, -0.2) is 31.6 Å². The Bertz CT molecular complexity index is 264. The number of rotatable bonds is 4. The van der Waals surface area contributed by atoms with E-state index in [2.05, 4.69) is 25.9 Å². The molecule has 2 unspecified atom stereocenters. The number of aryl methyl sites for hydroxylation is 1. The van der Waals surface area contributed by atoms with Crippen molar-refractivity contribution in [3.8, 4) is 0 Å². The standard InChI is InChI=1S/C8H13BrN2O2/c1-5-10-4-6(11-5)8(13)7(12)2-3-9/h4,7-8,12-13H,2-3H2,1H3,(H,10,11). The summed E-state index contributed by atoms with van der Waals surface area (Å²) in [6, 6.07) is 0. The van der Waals surface area contributed by atoms with E-state index in [1.807, 2.05) is 0 Å². The van der Waals surface area contributed by atoms with Gasteiger partial charge in [0.05, 0.1) is 18.0 Å². The Balaban J connectivity index is 2.61. The van der Waals surface area contributed by atoms with Gasteiger partial charge in [0.2, 0.25) is 0 Å². The van der Waals surface area contributed by atoms with E-state index < -0.39 is 12.2 Å². The molecule has 0 aliphatic rings. The zero-order valence-corrected chi connectivity index (χ0v) is 8.95. The van der Waals surface area contributed by atoms with Crippen molar-refractivity contribution < 1.29 is 10.2 Å². The van der Waals surface area contributed by atoms with Crippen LogP contribution in [0.1, 0.15) is 24.0 Å². The van der Waals surface area contributed by atoms with Gasteiger partial charge in [0.1, 0.15) is 11.9 Å². The fourth-order valence-electron chi connectivity index (χ4n) is 1.07. The molecule has 4 nitrogen and oxygen atoms in total. The Morgan fingerprint density at radius 1 is 1.62 bits per heavy atom. The molecular formula is C8H13BrN2O2. The van der Waals surface area contributed by atoms with Crippen LogP contribution >= 0.6 is 15.9 Å². The molecule has 1 heterocycles. The summed E-state index contributed by atoms with van der Waals surface area (Å²) in [5.74, 6) is 0.736. The highest BCUT2D eigenvalue weighted by Gasteiger charge is 2.18. The molecule has 0 fully saturated rings. The molecule has 13 heavy (non-hydrogen) atoms. The molecule has 0 saturated heterocycles. The van der Waals surface area contributed by atoms with E-state index in [9.17, 15) is 10.2 Å². The van der Waals surface area contributed by atoms with Gasteiger partial charge < -0.3 is 15.2 Å². The lowest BCUT2D eigenvalue weighted by molar-refractivity contribution is 0.0150. The number of alkyl halides is 1. The van der Waals surface area contributed by atoms with E-state index in [1.165, 1.54) is 6.20 Å². The Hall–Kier alpha value is -0.390. The number of aromatic nitrogens is 2. The third-order valence-electron chi connectivity index (χ3n) is 1.81. The van der Waals surface area contributed by atoms with Crippen molar-refractivity contribution in [2.45, 2.75) is 25.6 Å². The van der Waals surface area contributed by atoms with Crippen LogP contribution in [0.15, 0.2) is 6.20 Å². The van der Waals surface area contributed by atoms with Crippen molar-refractivity contribution in [2.75, 3.05) is 5.33 Å². The maximum Gasteiger partial charge on any atom is 0.121 e. The van der Waals surface area contributed by atoms with Crippen LogP contribution in [0.25, 0.3) is 0 Å². The Kier molecular flexibility index (Phi) is 3.90. The lowest BCUT2D eigenvalue weighted by atomic mass is 10.1. The van der Waals surface area contributed by atoms with Gasteiger partial charge in [0.15, 0.2) is 0 Å². The van der Waals surface area contributed by atoms with Gasteiger partial charge in [0.25, 0.3) is 0 Å². The van der Waals surface area contributed by atoms with Gasteiger partial charge in [-0.15, -0.1) is 0 Å². The van der Waals surface area contributed by atoms with Crippen LogP contribution in [0.4, 0.5) is 0 Å². The van der Waals surface area contributed by atoms with Crippen molar-refractivity contribution in [1.82, 2.24) is 9.97 Å². The molecular weight excluding hydrogens is 236 g/mol. The van der Waals surface area contributed by atoms with Crippen molar-refractivity contribution in [3.63, 3.8) is 0 Å². The number of aromatic amines is 1. The van der Waals surface area contributed by atoms with Crippen LogP contribution in [-0.2, 0) is 0 Å². The van der Waals surface area contributed by atoms with Crippen molar-refractivity contribution in [2.24, 2.45) is 0 Å². The summed E-state index contributed by atoms with van der Waals surface area (Å²) >= 11 is 3.20. The van der Waals surface area contributed by atoms with Crippen molar-refractivity contribution in [1.29, 1.82) is 0 Å². The zero-order valence-electron chi connectivity index (χ0n) is 7.37. The zero-order chi connectivity index (χ0) is 9.84. The molecule has 1 aromatic heterocycles. The summed E-state index contributed by atoms with van der Waals surface area (Å²) in [5, 5.41) is 19.7. The summed E-state index contributed by atoms with van der Waals surface area (Å²) < 4.78 is 0. The molecule has 1 aromatic rings. The van der Waals surface area contributed by atoms with E-state index in [0.717, 1.165) is 5.82 Å². The van der Waals surface area contributed by atoms with E-state index in [0.29, 0.717) is 17.4 Å². The van der Waals surface area contributed by atoms with E-state index in [4.69, 9.17) is 0 Å². The molecule has 74 valence electrons. The largest absolute Gasteiger partial charge is 0.390 e. The Morgan fingerprint density at radius 3 is 2.77 bits per heavy atom. The monoisotopic (exact) mass is 248 g/mol.